The van der Waals surface area contributed by atoms with Gasteiger partial charge < -0.3 is 25.3 Å². The number of aliphatic hydroxyl groups is 1. The first kappa shape index (κ1) is 18.6. The number of nitrogens with zero attached hydrogens (tertiary/aromatic N) is 2. The van der Waals surface area contributed by atoms with Gasteiger partial charge in [-0.15, -0.1) is 0 Å². The number of nitrogen functional groups attached to an aromatic ring is 1. The first-order valence-electron chi connectivity index (χ1n) is 9.74. The number of ether oxygens (including phenoxy) is 1. The highest BCUT2D eigenvalue weighted by Gasteiger charge is 2.51. The van der Waals surface area contributed by atoms with Crippen molar-refractivity contribution in [2.75, 3.05) is 5.73 Å². The van der Waals surface area contributed by atoms with Crippen molar-refractivity contribution in [3.63, 3.8) is 0 Å². The summed E-state index contributed by atoms with van der Waals surface area (Å²) in [6, 6.07) is 6.71. The molecular formula is C22H21N3O5. The van der Waals surface area contributed by atoms with Crippen molar-refractivity contribution in [2.45, 2.75) is 44.9 Å². The Labute approximate surface area is 171 Å². The number of cyclic esters (lactones) is 1. The number of hydrogen-bond donors (Lipinski definition) is 3. The highest BCUT2D eigenvalue weighted by molar-refractivity contribution is 5.93. The minimum atomic E-state index is -1.90. The molecule has 0 fully saturated rings. The molecule has 0 spiro atoms. The largest absolute Gasteiger partial charge is 0.505 e. The smallest absolute Gasteiger partial charge is 0.343 e. The average molecular weight is 407 g/mol. The van der Waals surface area contributed by atoms with Gasteiger partial charge in [-0.05, 0) is 44.5 Å². The molecule has 1 aromatic carbocycles. The number of phenols is 1. The van der Waals surface area contributed by atoms with Crippen molar-refractivity contribution in [1.29, 1.82) is 0 Å². The van der Waals surface area contributed by atoms with E-state index < -0.39 is 17.2 Å². The lowest BCUT2D eigenvalue weighted by Crippen LogP contribution is -2.51. The highest BCUT2D eigenvalue weighted by atomic mass is 16.6. The van der Waals surface area contributed by atoms with E-state index >= 15 is 0 Å². The Morgan fingerprint density at radius 2 is 2.00 bits per heavy atom. The van der Waals surface area contributed by atoms with Crippen molar-refractivity contribution in [2.24, 2.45) is 0 Å². The van der Waals surface area contributed by atoms with Crippen LogP contribution < -0.4 is 11.3 Å². The third-order valence-corrected chi connectivity index (χ3v) is 6.20. The first-order valence-corrected chi connectivity index (χ1v) is 9.74. The topological polar surface area (TPSA) is 128 Å². The predicted molar refractivity (Wildman–Crippen MR) is 110 cm³/mol. The van der Waals surface area contributed by atoms with Crippen molar-refractivity contribution >= 4 is 22.6 Å². The third-order valence-electron chi connectivity index (χ3n) is 6.20. The van der Waals surface area contributed by atoms with Crippen LogP contribution in [0.1, 0.15) is 43.9 Å². The second-order valence-electron chi connectivity index (χ2n) is 8.39. The van der Waals surface area contributed by atoms with E-state index in [-0.39, 0.29) is 41.1 Å². The van der Waals surface area contributed by atoms with Gasteiger partial charge in [0.15, 0.2) is 5.60 Å². The Balaban J connectivity index is 1.84. The molecule has 0 amide bonds. The molecule has 2 aliphatic rings. The number of aromatic nitrogens is 2. The molecule has 30 heavy (non-hydrogen) atoms. The highest BCUT2D eigenvalue weighted by Crippen LogP contribution is 2.44. The van der Waals surface area contributed by atoms with E-state index in [2.05, 4.69) is 4.98 Å². The molecule has 8 heteroatoms. The van der Waals surface area contributed by atoms with Crippen LogP contribution in [0.15, 0.2) is 29.1 Å². The van der Waals surface area contributed by atoms with Crippen LogP contribution in [0.2, 0.25) is 0 Å². The van der Waals surface area contributed by atoms with Gasteiger partial charge in [0.25, 0.3) is 5.56 Å². The van der Waals surface area contributed by atoms with E-state index in [1.54, 1.807) is 49.6 Å². The summed E-state index contributed by atoms with van der Waals surface area (Å²) in [5.74, 6) is -0.817. The summed E-state index contributed by atoms with van der Waals surface area (Å²) >= 11 is 0. The number of carbonyl (C=O) groups is 1. The Bertz CT molecular complexity index is 1340. The maximum Gasteiger partial charge on any atom is 0.343 e. The number of carbonyl (C=O) groups excluding carboxylic acids is 1. The summed E-state index contributed by atoms with van der Waals surface area (Å²) in [5, 5.41) is 21.9. The van der Waals surface area contributed by atoms with Gasteiger partial charge in [-0.1, -0.05) is 6.92 Å². The zero-order chi connectivity index (χ0) is 21.6. The molecular weight excluding hydrogens is 386 g/mol. The normalized spacial score (nSPS) is 21.1. The minimum absolute atomic E-state index is 0.0501. The van der Waals surface area contributed by atoms with Crippen molar-refractivity contribution in [3.05, 3.63) is 51.3 Å². The number of hydrogen-bond acceptors (Lipinski definition) is 7. The summed E-state index contributed by atoms with van der Waals surface area (Å²) in [4.78, 5) is 30.7. The second kappa shape index (κ2) is 5.60. The molecule has 2 aromatic heterocycles. The number of rotatable bonds is 1. The SMILES string of the molecule is CC[C@@]1(O)C(=O)OC(C)(C)c2c1cc1n(c2=O)Cc2cc3c(O)c(N)ccc3nc2-1. The molecule has 0 unspecified atom stereocenters. The fourth-order valence-corrected chi connectivity index (χ4v) is 4.52. The van der Waals surface area contributed by atoms with E-state index in [1.807, 2.05) is 0 Å². The van der Waals surface area contributed by atoms with E-state index in [1.165, 1.54) is 0 Å². The fraction of sp³-hybridized carbons (Fsp3) is 0.318. The zero-order valence-electron chi connectivity index (χ0n) is 16.8. The monoisotopic (exact) mass is 407 g/mol. The molecule has 1 atom stereocenters. The van der Waals surface area contributed by atoms with E-state index in [0.29, 0.717) is 22.3 Å². The Hall–Kier alpha value is -3.39. The first-order chi connectivity index (χ1) is 14.1. The van der Waals surface area contributed by atoms with E-state index in [0.717, 1.165) is 5.56 Å². The standard InChI is InChI=1S/C22H21N3O5/c1-4-22(29)12-8-15-17-10(7-11-14(24-17)6-5-13(23)18(11)26)9-25(15)19(27)16(12)21(2,3)30-20(22)28/h5-8,26,29H,4,9,23H2,1-3H3/t22-/m0/s1. The van der Waals surface area contributed by atoms with Crippen LogP contribution >= 0.6 is 0 Å². The number of benzene rings is 1. The quantitative estimate of drug-likeness (QED) is 0.250. The van der Waals surface area contributed by atoms with E-state index in [4.69, 9.17) is 10.5 Å². The summed E-state index contributed by atoms with van der Waals surface area (Å²) < 4.78 is 7.01. The molecule has 2 aliphatic heterocycles. The van der Waals surface area contributed by atoms with Crippen LogP contribution in [0.5, 0.6) is 5.75 Å². The fourth-order valence-electron chi connectivity index (χ4n) is 4.52. The lowest BCUT2D eigenvalue weighted by Gasteiger charge is -2.40. The van der Waals surface area contributed by atoms with Crippen LogP contribution in [0.25, 0.3) is 22.3 Å². The Kier molecular flexibility index (Phi) is 3.48. The summed E-state index contributed by atoms with van der Waals surface area (Å²) in [6.45, 7) is 5.20. The molecule has 4 heterocycles. The molecule has 8 nitrogen and oxygen atoms in total. The lowest BCUT2D eigenvalue weighted by molar-refractivity contribution is -0.187. The molecule has 3 aromatic rings. The summed E-state index contributed by atoms with van der Waals surface area (Å²) in [5.41, 5.74) is 5.53. The predicted octanol–water partition coefficient (Wildman–Crippen LogP) is 2.10. The van der Waals surface area contributed by atoms with Gasteiger partial charge in [-0.2, -0.15) is 0 Å². The van der Waals surface area contributed by atoms with Crippen molar-refractivity contribution in [1.82, 2.24) is 9.55 Å². The number of phenolic OH excluding ortho intramolecular Hbond substituents is 1. The van der Waals surface area contributed by atoms with E-state index in [9.17, 15) is 19.8 Å². The molecule has 5 rings (SSSR count). The Morgan fingerprint density at radius 3 is 2.70 bits per heavy atom. The van der Waals surface area contributed by atoms with Crippen LogP contribution in [0.3, 0.4) is 0 Å². The minimum Gasteiger partial charge on any atom is -0.505 e. The van der Waals surface area contributed by atoms with Gasteiger partial charge in [0.05, 0.1) is 34.7 Å². The molecule has 0 bridgehead atoms. The molecule has 0 radical (unpaired) electrons. The molecule has 0 saturated carbocycles. The molecule has 154 valence electrons. The number of esters is 1. The summed E-state index contributed by atoms with van der Waals surface area (Å²) in [7, 11) is 0. The van der Waals surface area contributed by atoms with Gasteiger partial charge >= 0.3 is 5.97 Å². The second-order valence-corrected chi connectivity index (χ2v) is 8.39. The van der Waals surface area contributed by atoms with Crippen molar-refractivity contribution in [3.8, 4) is 17.1 Å². The molecule has 0 aliphatic carbocycles. The summed E-state index contributed by atoms with van der Waals surface area (Å²) in [6.07, 6.45) is 0.0724. The van der Waals surface area contributed by atoms with Crippen LogP contribution in [0.4, 0.5) is 5.69 Å². The van der Waals surface area contributed by atoms with Crippen LogP contribution in [0, 0.1) is 0 Å². The van der Waals surface area contributed by atoms with Crippen LogP contribution in [-0.2, 0) is 27.3 Å². The molecule has 0 saturated heterocycles. The van der Waals surface area contributed by atoms with Crippen LogP contribution in [-0.4, -0.2) is 25.7 Å². The number of nitrogens with two attached hydrogens (primary N) is 1. The number of fused-ring (bicyclic) bond motifs is 5. The van der Waals surface area contributed by atoms with Gasteiger partial charge in [0.1, 0.15) is 11.4 Å². The zero-order valence-corrected chi connectivity index (χ0v) is 16.8. The van der Waals surface area contributed by atoms with Crippen molar-refractivity contribution < 1.29 is 19.7 Å². The van der Waals surface area contributed by atoms with Gasteiger partial charge in [0.2, 0.25) is 0 Å². The number of anilines is 1. The maximum absolute atomic E-state index is 13.5. The maximum atomic E-state index is 13.5. The number of pyridine rings is 2. The Morgan fingerprint density at radius 1 is 1.27 bits per heavy atom. The van der Waals surface area contributed by atoms with Gasteiger partial charge in [-0.3, -0.25) is 4.79 Å². The van der Waals surface area contributed by atoms with Gasteiger partial charge in [-0.25, -0.2) is 9.78 Å². The molecule has 4 N–H and O–H groups in total. The third kappa shape index (κ3) is 2.16. The average Bonchev–Trinajstić information content (AvgIpc) is 3.05. The van der Waals surface area contributed by atoms with Gasteiger partial charge in [0, 0.05) is 16.5 Å². The number of aromatic hydroxyl groups is 1. The lowest BCUT2D eigenvalue weighted by atomic mass is 9.79.